The molecule has 1 saturated carbocycles. The zero-order valence-electron chi connectivity index (χ0n) is 22.6. The van der Waals surface area contributed by atoms with Gasteiger partial charge < -0.3 is 26.0 Å². The fourth-order valence-electron chi connectivity index (χ4n) is 4.23. The summed E-state index contributed by atoms with van der Waals surface area (Å²) in [4.78, 5) is 64.3. The molecule has 2 aliphatic rings. The molecular weight excluding hydrogens is 547 g/mol. The number of rotatable bonds is 12. The number of amides is 4. The first-order valence-corrected chi connectivity index (χ1v) is 13.8. The quantitative estimate of drug-likeness (QED) is 0.279. The van der Waals surface area contributed by atoms with Gasteiger partial charge in [-0.3, -0.25) is 24.0 Å². The molecule has 1 aromatic carbocycles. The van der Waals surface area contributed by atoms with E-state index in [1.54, 1.807) is 6.07 Å². The van der Waals surface area contributed by atoms with E-state index in [2.05, 4.69) is 21.3 Å². The van der Waals surface area contributed by atoms with Gasteiger partial charge in [-0.2, -0.15) is 0 Å². The topological polar surface area (TPSA) is 143 Å². The van der Waals surface area contributed by atoms with Crippen LogP contribution >= 0.6 is 23.2 Å². The van der Waals surface area contributed by atoms with E-state index in [0.29, 0.717) is 18.0 Å². The van der Waals surface area contributed by atoms with Crippen LogP contribution in [0, 0.1) is 11.3 Å². The monoisotopic (exact) mass is 582 g/mol. The number of ether oxygens (including phenoxy) is 1. The van der Waals surface area contributed by atoms with Crippen molar-refractivity contribution in [3.05, 3.63) is 28.2 Å². The first-order chi connectivity index (χ1) is 18.2. The highest BCUT2D eigenvalue weighted by molar-refractivity contribution is 6.38. The van der Waals surface area contributed by atoms with Crippen LogP contribution in [0.3, 0.4) is 0 Å². The summed E-state index contributed by atoms with van der Waals surface area (Å²) >= 11 is 12.1. The number of ketones is 1. The van der Waals surface area contributed by atoms with Crippen molar-refractivity contribution in [1.82, 2.24) is 21.3 Å². The summed E-state index contributed by atoms with van der Waals surface area (Å²) in [5, 5.41) is 11.3. The Morgan fingerprint density at radius 2 is 1.72 bits per heavy atom. The Morgan fingerprint density at radius 1 is 1.05 bits per heavy atom. The molecule has 4 N–H and O–H groups in total. The first-order valence-electron chi connectivity index (χ1n) is 13.1. The number of carbonyl (C=O) groups excluding carboxylic acids is 5. The molecule has 4 atom stereocenters. The molecule has 1 heterocycles. The fraction of sp³-hybridized carbons (Fsp3) is 0.593. The van der Waals surface area contributed by atoms with Crippen molar-refractivity contribution in [2.24, 2.45) is 11.3 Å². The van der Waals surface area contributed by atoms with Gasteiger partial charge in [-0.1, -0.05) is 44.0 Å². The van der Waals surface area contributed by atoms with Crippen molar-refractivity contribution >= 4 is 52.6 Å². The van der Waals surface area contributed by atoms with E-state index in [1.807, 2.05) is 20.8 Å². The maximum absolute atomic E-state index is 13.5. The molecule has 1 aromatic rings. The molecule has 3 rings (SSSR count). The maximum atomic E-state index is 13.5. The number of benzene rings is 1. The van der Waals surface area contributed by atoms with Gasteiger partial charge in [-0.05, 0) is 62.6 Å². The van der Waals surface area contributed by atoms with Crippen LogP contribution in [0.25, 0.3) is 0 Å². The summed E-state index contributed by atoms with van der Waals surface area (Å²) in [6.45, 7) is 7.69. The average molecular weight is 584 g/mol. The van der Waals surface area contributed by atoms with Gasteiger partial charge in [0.2, 0.25) is 17.6 Å². The number of Topliss-reactive ketones (excluding diaryl/α,β-unsaturated/α-hetero) is 1. The second-order valence-electron chi connectivity index (χ2n) is 11.3. The number of carbonyl (C=O) groups is 5. The van der Waals surface area contributed by atoms with Crippen LogP contribution in [0.2, 0.25) is 10.0 Å². The Kier molecular flexibility index (Phi) is 10.2. The van der Waals surface area contributed by atoms with Crippen LogP contribution in [0.1, 0.15) is 59.8 Å². The second kappa shape index (κ2) is 13.0. The van der Waals surface area contributed by atoms with Gasteiger partial charge in [0.25, 0.3) is 11.8 Å². The molecule has 1 saturated heterocycles. The molecule has 0 spiro atoms. The standard InChI is InChI=1S/C27H36Cl2N4O6/c1-14(39-21-8-5-16(28)12-18(21)29)23(35)33-20(13-27(2,3)4)25(37)32-19(11-15-9-10-30-24(15)36)22(34)26(38)31-17-6-7-17/h5,8,12,14-15,17,19-20H,6-7,9-11,13H2,1-4H3,(H,30,36)(H,31,38)(H,32,37)(H,33,35)/t14?,15-,19?,20-/m0/s1. The first kappa shape index (κ1) is 30.7. The molecule has 0 radical (unpaired) electrons. The zero-order valence-corrected chi connectivity index (χ0v) is 24.1. The van der Waals surface area contributed by atoms with E-state index in [1.165, 1.54) is 19.1 Å². The number of nitrogens with one attached hydrogen (secondary N) is 4. The lowest BCUT2D eigenvalue weighted by atomic mass is 9.87. The molecule has 2 unspecified atom stereocenters. The van der Waals surface area contributed by atoms with Gasteiger partial charge in [0.05, 0.1) is 11.1 Å². The van der Waals surface area contributed by atoms with Gasteiger partial charge >= 0.3 is 0 Å². The molecule has 12 heteroatoms. The molecular formula is C27H36Cl2N4O6. The van der Waals surface area contributed by atoms with E-state index in [4.69, 9.17) is 27.9 Å². The summed E-state index contributed by atoms with van der Waals surface area (Å²) in [7, 11) is 0. The van der Waals surface area contributed by atoms with Gasteiger partial charge in [0, 0.05) is 23.5 Å². The zero-order chi connectivity index (χ0) is 28.9. The van der Waals surface area contributed by atoms with Crippen molar-refractivity contribution in [1.29, 1.82) is 0 Å². The molecule has 10 nitrogen and oxygen atoms in total. The molecule has 2 fully saturated rings. The third kappa shape index (κ3) is 9.39. The predicted octanol–water partition coefficient (Wildman–Crippen LogP) is 2.54. The van der Waals surface area contributed by atoms with Crippen molar-refractivity contribution in [2.75, 3.05) is 6.54 Å². The highest BCUT2D eigenvalue weighted by Crippen LogP contribution is 2.28. The number of hydrogen-bond acceptors (Lipinski definition) is 6. The van der Waals surface area contributed by atoms with Crippen LogP contribution in [-0.4, -0.2) is 60.2 Å². The fourth-order valence-corrected chi connectivity index (χ4v) is 4.68. The second-order valence-corrected chi connectivity index (χ2v) is 12.2. The lowest BCUT2D eigenvalue weighted by molar-refractivity contribution is -0.141. The van der Waals surface area contributed by atoms with Crippen molar-refractivity contribution in [2.45, 2.75) is 84.0 Å². The Bertz CT molecular complexity index is 1120. The maximum Gasteiger partial charge on any atom is 0.289 e. The van der Waals surface area contributed by atoms with Crippen LogP contribution < -0.4 is 26.0 Å². The highest BCUT2D eigenvalue weighted by atomic mass is 35.5. The normalized spacial score (nSPS) is 19.3. The van der Waals surface area contributed by atoms with E-state index in [9.17, 15) is 24.0 Å². The lowest BCUT2D eigenvalue weighted by Crippen LogP contribution is -2.56. The summed E-state index contributed by atoms with van der Waals surface area (Å²) in [6, 6.07) is 2.30. The Labute approximate surface area is 238 Å². The largest absolute Gasteiger partial charge is 0.479 e. The molecule has 214 valence electrons. The van der Waals surface area contributed by atoms with E-state index in [0.717, 1.165) is 12.8 Å². The summed E-state index contributed by atoms with van der Waals surface area (Å²) in [5.41, 5.74) is -0.382. The third-order valence-electron chi connectivity index (χ3n) is 6.47. The third-order valence-corrected chi connectivity index (χ3v) is 7.00. The minimum atomic E-state index is -1.22. The minimum absolute atomic E-state index is 0.0146. The molecule has 0 aromatic heterocycles. The number of hydrogen-bond donors (Lipinski definition) is 4. The van der Waals surface area contributed by atoms with Crippen LogP contribution in [0.5, 0.6) is 5.75 Å². The highest BCUT2D eigenvalue weighted by Gasteiger charge is 2.38. The Hall–Kier alpha value is -2.85. The lowest BCUT2D eigenvalue weighted by Gasteiger charge is -2.29. The van der Waals surface area contributed by atoms with Gasteiger partial charge in [0.15, 0.2) is 6.10 Å². The van der Waals surface area contributed by atoms with Crippen LogP contribution in [0.15, 0.2) is 18.2 Å². The molecule has 1 aliphatic carbocycles. The van der Waals surface area contributed by atoms with Gasteiger partial charge in [-0.25, -0.2) is 0 Å². The molecule has 1 aliphatic heterocycles. The summed E-state index contributed by atoms with van der Waals surface area (Å²) in [6.07, 6.45) is 1.29. The van der Waals surface area contributed by atoms with Crippen molar-refractivity contribution in [3.63, 3.8) is 0 Å². The van der Waals surface area contributed by atoms with Crippen molar-refractivity contribution < 1.29 is 28.7 Å². The summed E-state index contributed by atoms with van der Waals surface area (Å²) < 4.78 is 5.68. The minimum Gasteiger partial charge on any atom is -0.479 e. The van der Waals surface area contributed by atoms with Gasteiger partial charge in [0.1, 0.15) is 11.8 Å². The number of halogens is 2. The van der Waals surface area contributed by atoms with Crippen LogP contribution in [0.4, 0.5) is 0 Å². The predicted molar refractivity (Wildman–Crippen MR) is 146 cm³/mol. The Balaban J connectivity index is 1.73. The van der Waals surface area contributed by atoms with Crippen molar-refractivity contribution in [3.8, 4) is 5.75 Å². The summed E-state index contributed by atoms with van der Waals surface area (Å²) in [5.74, 6) is -3.30. The Morgan fingerprint density at radius 3 is 2.28 bits per heavy atom. The van der Waals surface area contributed by atoms with E-state index in [-0.39, 0.29) is 41.0 Å². The SMILES string of the molecule is CC(Oc1ccc(Cl)cc1Cl)C(=O)N[C@@H](CC(C)(C)C)C(=O)NC(C[C@@H]1CCNC1=O)C(=O)C(=O)NC1CC1. The smallest absolute Gasteiger partial charge is 0.289 e. The van der Waals surface area contributed by atoms with E-state index >= 15 is 0 Å². The molecule has 0 bridgehead atoms. The molecule has 4 amide bonds. The van der Waals surface area contributed by atoms with Gasteiger partial charge in [-0.15, -0.1) is 0 Å². The van der Waals surface area contributed by atoms with E-state index < -0.39 is 47.6 Å². The average Bonchev–Trinajstić information content (AvgIpc) is 3.57. The molecule has 39 heavy (non-hydrogen) atoms. The van der Waals surface area contributed by atoms with Crippen LogP contribution in [-0.2, 0) is 24.0 Å².